The summed E-state index contributed by atoms with van der Waals surface area (Å²) < 4.78 is 13.4. The first-order chi connectivity index (χ1) is 6.43. The molecule has 0 radical (unpaired) electrons. The van der Waals surface area contributed by atoms with Gasteiger partial charge in [-0.3, -0.25) is 0 Å². The fourth-order valence-electron chi connectivity index (χ4n) is 1.09. The van der Waals surface area contributed by atoms with Crippen molar-refractivity contribution < 1.29 is 4.39 Å². The molecule has 0 saturated heterocycles. The second-order valence-corrected chi connectivity index (χ2v) is 4.24. The molecule has 78 valence electrons. The highest BCUT2D eigenvalue weighted by molar-refractivity contribution is 6.29. The Morgan fingerprint density at radius 3 is 2.07 bits per heavy atom. The van der Waals surface area contributed by atoms with Crippen LogP contribution in [0.5, 0.6) is 0 Å². The molecule has 0 aliphatic heterocycles. The van der Waals surface area contributed by atoms with Gasteiger partial charge in [-0.05, 0) is 5.92 Å². The molecule has 0 aliphatic carbocycles. The molecule has 0 N–H and O–H groups in total. The molecule has 0 bridgehead atoms. The number of hydrogen-bond donors (Lipinski definition) is 0. The third-order valence-electron chi connectivity index (χ3n) is 1.92. The molecular weight excluding hydrogens is 203 g/mol. The monoisotopic (exact) mass is 216 g/mol. The zero-order chi connectivity index (χ0) is 10.9. The Kier molecular flexibility index (Phi) is 3.43. The van der Waals surface area contributed by atoms with Gasteiger partial charge >= 0.3 is 0 Å². The molecule has 4 heteroatoms. The fourth-order valence-corrected chi connectivity index (χ4v) is 1.28. The Balaban J connectivity index is 3.28. The second kappa shape index (κ2) is 4.22. The van der Waals surface area contributed by atoms with E-state index in [1.54, 1.807) is 0 Å². The lowest BCUT2D eigenvalue weighted by molar-refractivity contribution is 0.566. The minimum atomic E-state index is -0.494. The van der Waals surface area contributed by atoms with Crippen molar-refractivity contribution in [1.82, 2.24) is 9.97 Å². The van der Waals surface area contributed by atoms with E-state index in [1.165, 1.54) is 0 Å². The molecule has 2 nitrogen and oxygen atoms in total. The summed E-state index contributed by atoms with van der Waals surface area (Å²) in [4.78, 5) is 8.06. The van der Waals surface area contributed by atoms with Crippen LogP contribution < -0.4 is 0 Å². The summed E-state index contributed by atoms with van der Waals surface area (Å²) in [5.41, 5.74) is 0.397. The number of rotatable bonds is 2. The first kappa shape index (κ1) is 11.4. The van der Waals surface area contributed by atoms with Crippen molar-refractivity contribution in [1.29, 1.82) is 0 Å². The van der Waals surface area contributed by atoms with E-state index in [9.17, 15) is 4.39 Å². The normalized spacial score (nSPS) is 11.4. The van der Waals surface area contributed by atoms with E-state index in [-0.39, 0.29) is 17.0 Å². The molecule has 1 rings (SSSR count). The quantitative estimate of drug-likeness (QED) is 0.707. The zero-order valence-electron chi connectivity index (χ0n) is 8.81. The molecular formula is C10H14ClFN2. The van der Waals surface area contributed by atoms with Crippen molar-refractivity contribution in [2.45, 2.75) is 39.5 Å². The van der Waals surface area contributed by atoms with Gasteiger partial charge in [-0.25, -0.2) is 14.4 Å². The van der Waals surface area contributed by atoms with E-state index >= 15 is 0 Å². The van der Waals surface area contributed by atoms with Crippen LogP contribution in [0.25, 0.3) is 0 Å². The van der Waals surface area contributed by atoms with Crippen LogP contribution in [0.1, 0.15) is 51.0 Å². The van der Waals surface area contributed by atoms with Crippen LogP contribution >= 0.6 is 11.6 Å². The van der Waals surface area contributed by atoms with Gasteiger partial charge in [0.1, 0.15) is 5.82 Å². The Labute approximate surface area is 88.5 Å². The summed E-state index contributed by atoms with van der Waals surface area (Å²) in [6.45, 7) is 7.67. The Bertz CT molecular complexity index is 337. The van der Waals surface area contributed by atoms with Crippen molar-refractivity contribution in [2.24, 2.45) is 0 Å². The number of aromatic nitrogens is 2. The Morgan fingerprint density at radius 1 is 1.07 bits per heavy atom. The van der Waals surface area contributed by atoms with Gasteiger partial charge in [-0.2, -0.15) is 0 Å². The van der Waals surface area contributed by atoms with Crippen molar-refractivity contribution in [3.05, 3.63) is 22.5 Å². The molecule has 0 aliphatic rings. The molecule has 1 heterocycles. The fraction of sp³-hybridized carbons (Fsp3) is 0.600. The molecule has 0 saturated carbocycles. The standard InChI is InChI=1S/C10H14ClFN2/c1-5(2)8-7(12)9(11)14-10(13-8)6(3)4/h5-6H,1-4H3. The van der Waals surface area contributed by atoms with Crippen molar-refractivity contribution in [3.8, 4) is 0 Å². The summed E-state index contributed by atoms with van der Waals surface area (Å²) >= 11 is 5.68. The van der Waals surface area contributed by atoms with Gasteiger partial charge in [-0.1, -0.05) is 39.3 Å². The first-order valence-electron chi connectivity index (χ1n) is 4.66. The van der Waals surface area contributed by atoms with Gasteiger partial charge in [0.05, 0.1) is 5.69 Å². The molecule has 0 unspecified atom stereocenters. The van der Waals surface area contributed by atoms with Crippen LogP contribution in [0.2, 0.25) is 5.15 Å². The highest BCUT2D eigenvalue weighted by Gasteiger charge is 2.16. The van der Waals surface area contributed by atoms with E-state index in [2.05, 4.69) is 9.97 Å². The summed E-state index contributed by atoms with van der Waals surface area (Å²) in [6.07, 6.45) is 0. The Hall–Kier alpha value is -0.700. The lowest BCUT2D eigenvalue weighted by atomic mass is 10.1. The van der Waals surface area contributed by atoms with Gasteiger partial charge in [0.15, 0.2) is 11.0 Å². The molecule has 0 amide bonds. The maximum atomic E-state index is 13.4. The van der Waals surface area contributed by atoms with Crippen LogP contribution in [-0.4, -0.2) is 9.97 Å². The first-order valence-corrected chi connectivity index (χ1v) is 5.04. The van der Waals surface area contributed by atoms with E-state index in [0.29, 0.717) is 11.5 Å². The number of hydrogen-bond acceptors (Lipinski definition) is 2. The lowest BCUT2D eigenvalue weighted by Crippen LogP contribution is -2.06. The maximum Gasteiger partial charge on any atom is 0.182 e. The minimum absolute atomic E-state index is 0.0213. The topological polar surface area (TPSA) is 25.8 Å². The summed E-state index contributed by atoms with van der Waals surface area (Å²) in [7, 11) is 0. The smallest absolute Gasteiger partial charge is 0.182 e. The third kappa shape index (κ3) is 2.21. The van der Waals surface area contributed by atoms with E-state index in [0.717, 1.165) is 0 Å². The molecule has 0 atom stereocenters. The van der Waals surface area contributed by atoms with Gasteiger partial charge in [0.25, 0.3) is 0 Å². The third-order valence-corrected chi connectivity index (χ3v) is 2.17. The highest BCUT2D eigenvalue weighted by atomic mass is 35.5. The van der Waals surface area contributed by atoms with Crippen LogP contribution in [0.15, 0.2) is 0 Å². The summed E-state index contributed by atoms with van der Waals surface area (Å²) in [5, 5.41) is -0.0765. The van der Waals surface area contributed by atoms with Crippen molar-refractivity contribution in [3.63, 3.8) is 0 Å². The SMILES string of the molecule is CC(C)c1nc(Cl)c(F)c(C(C)C)n1. The number of halogens is 2. The predicted molar refractivity (Wildman–Crippen MR) is 55.2 cm³/mol. The highest BCUT2D eigenvalue weighted by Crippen LogP contribution is 2.23. The zero-order valence-corrected chi connectivity index (χ0v) is 9.56. The maximum absolute atomic E-state index is 13.4. The molecule has 1 aromatic rings. The minimum Gasteiger partial charge on any atom is -0.234 e. The summed E-state index contributed by atoms with van der Waals surface area (Å²) in [6, 6.07) is 0. The van der Waals surface area contributed by atoms with Crippen LogP contribution in [0.3, 0.4) is 0 Å². The summed E-state index contributed by atoms with van der Waals surface area (Å²) in [5.74, 6) is 0.282. The van der Waals surface area contributed by atoms with Crippen LogP contribution in [-0.2, 0) is 0 Å². The Morgan fingerprint density at radius 2 is 1.64 bits per heavy atom. The van der Waals surface area contributed by atoms with Gasteiger partial charge in [-0.15, -0.1) is 0 Å². The predicted octanol–water partition coefficient (Wildman–Crippen LogP) is 3.52. The molecule has 0 fully saturated rings. The van der Waals surface area contributed by atoms with E-state index in [4.69, 9.17) is 11.6 Å². The largest absolute Gasteiger partial charge is 0.234 e. The number of nitrogens with zero attached hydrogens (tertiary/aromatic N) is 2. The molecule has 14 heavy (non-hydrogen) atoms. The van der Waals surface area contributed by atoms with Crippen LogP contribution in [0, 0.1) is 5.82 Å². The van der Waals surface area contributed by atoms with Crippen LogP contribution in [0.4, 0.5) is 4.39 Å². The van der Waals surface area contributed by atoms with Gasteiger partial charge in [0, 0.05) is 5.92 Å². The molecule has 0 spiro atoms. The molecule has 1 aromatic heterocycles. The van der Waals surface area contributed by atoms with Crippen molar-refractivity contribution >= 4 is 11.6 Å². The molecule has 0 aromatic carbocycles. The average Bonchev–Trinajstić information content (AvgIpc) is 2.08. The average molecular weight is 217 g/mol. The lowest BCUT2D eigenvalue weighted by Gasteiger charge is -2.10. The van der Waals surface area contributed by atoms with Crippen molar-refractivity contribution in [2.75, 3.05) is 0 Å². The van der Waals surface area contributed by atoms with E-state index < -0.39 is 5.82 Å². The van der Waals surface area contributed by atoms with Gasteiger partial charge < -0.3 is 0 Å². The van der Waals surface area contributed by atoms with E-state index in [1.807, 2.05) is 27.7 Å². The van der Waals surface area contributed by atoms with Gasteiger partial charge in [0.2, 0.25) is 0 Å². The second-order valence-electron chi connectivity index (χ2n) is 3.88.